The van der Waals surface area contributed by atoms with E-state index < -0.39 is 0 Å². The van der Waals surface area contributed by atoms with E-state index in [0.717, 1.165) is 20.8 Å². The number of H-pyrrole nitrogens is 1. The smallest absolute Gasteiger partial charge is 0.311 e. The Kier molecular flexibility index (Phi) is 3.02. The highest BCUT2D eigenvalue weighted by atomic mass is 79.9. The molecular weight excluding hydrogens is 312 g/mol. The number of benzene rings is 1. The lowest BCUT2D eigenvalue weighted by molar-refractivity contribution is -0.142. The number of ether oxygens (including phenoxy) is 1. The average molecular weight is 323 g/mol. The number of aromatic amines is 1. The normalized spacial score (nSPS) is 11.3. The molecule has 0 atom stereocenters. The summed E-state index contributed by atoms with van der Waals surface area (Å²) in [5.74, 6) is -0.283. The molecule has 1 N–H and O–H groups in total. The first-order valence-corrected chi connectivity index (χ1v) is 6.68. The van der Waals surface area contributed by atoms with Gasteiger partial charge in [0, 0.05) is 11.6 Å². The third-order valence-corrected chi connectivity index (χ3v) is 3.50. The third-order valence-electron chi connectivity index (χ3n) is 2.91. The minimum Gasteiger partial charge on any atom is -0.466 e. The number of nitrogens with one attached hydrogen (secondary N) is 1. The molecule has 0 saturated heterocycles. The fourth-order valence-corrected chi connectivity index (χ4v) is 2.64. The number of hydrogen-bond acceptors (Lipinski definition) is 4. The summed E-state index contributed by atoms with van der Waals surface area (Å²) in [5, 5.41) is 4.62. The van der Waals surface area contributed by atoms with Crippen molar-refractivity contribution >= 4 is 43.8 Å². The van der Waals surface area contributed by atoms with Crippen LogP contribution in [0, 0.1) is 0 Å². The fourth-order valence-electron chi connectivity index (χ4n) is 2.14. The van der Waals surface area contributed by atoms with Crippen molar-refractivity contribution in [3.8, 4) is 0 Å². The second kappa shape index (κ2) is 4.70. The summed E-state index contributed by atoms with van der Waals surface area (Å²) in [5.41, 5.74) is 2.24. The molecule has 0 amide bonds. The van der Waals surface area contributed by atoms with E-state index in [1.807, 2.05) is 12.1 Å². The number of aromatic nitrogens is 2. The van der Waals surface area contributed by atoms with Crippen molar-refractivity contribution in [1.29, 1.82) is 0 Å². The van der Waals surface area contributed by atoms with Gasteiger partial charge in [0.2, 0.25) is 0 Å². The largest absolute Gasteiger partial charge is 0.466 e. The van der Waals surface area contributed by atoms with Gasteiger partial charge in [0.1, 0.15) is 0 Å². The van der Waals surface area contributed by atoms with Crippen LogP contribution in [0.4, 0.5) is 0 Å². The van der Waals surface area contributed by atoms with Crippen molar-refractivity contribution in [2.24, 2.45) is 0 Å². The Bertz CT molecular complexity index is 760. The van der Waals surface area contributed by atoms with Crippen LogP contribution in [-0.4, -0.2) is 22.7 Å². The van der Waals surface area contributed by atoms with Crippen LogP contribution in [0.25, 0.3) is 21.9 Å². The molecule has 2 aromatic heterocycles. The van der Waals surface area contributed by atoms with Crippen molar-refractivity contribution in [2.45, 2.75) is 13.3 Å². The minimum absolute atomic E-state index is 0.150. The highest BCUT2D eigenvalue weighted by Gasteiger charge is 2.17. The molecule has 0 aliphatic carbocycles. The van der Waals surface area contributed by atoms with Crippen LogP contribution >= 0.6 is 15.9 Å². The zero-order valence-corrected chi connectivity index (χ0v) is 11.8. The number of fused-ring (bicyclic) bond motifs is 3. The number of hydrogen-bond donors (Lipinski definition) is 1. The first kappa shape index (κ1) is 12.2. The number of halogens is 1. The third kappa shape index (κ3) is 2.02. The highest BCUT2D eigenvalue weighted by Crippen LogP contribution is 2.33. The molecule has 0 aliphatic rings. The van der Waals surface area contributed by atoms with Gasteiger partial charge in [0.15, 0.2) is 5.58 Å². The van der Waals surface area contributed by atoms with Crippen LogP contribution in [0.5, 0.6) is 0 Å². The van der Waals surface area contributed by atoms with Gasteiger partial charge in [-0.05, 0) is 35.0 Å². The molecule has 1 aromatic carbocycles. The molecule has 0 aliphatic heterocycles. The van der Waals surface area contributed by atoms with Gasteiger partial charge in [0.05, 0.1) is 34.1 Å². The van der Waals surface area contributed by atoms with E-state index in [4.69, 9.17) is 9.26 Å². The zero-order valence-electron chi connectivity index (χ0n) is 10.2. The lowest BCUT2D eigenvalue weighted by Crippen LogP contribution is -2.07. The fraction of sp³-hybridized carbons (Fsp3) is 0.231. The monoisotopic (exact) mass is 322 g/mol. The predicted molar refractivity (Wildman–Crippen MR) is 73.9 cm³/mol. The summed E-state index contributed by atoms with van der Waals surface area (Å²) >= 11 is 3.44. The number of nitrogens with zero attached hydrogens (tertiary/aromatic N) is 1. The standard InChI is InChI=1S/C13H11BrN2O3/c1-2-18-11(17)6-10-12-7-3-4-15-9(7)5-8(14)13(12)19-16-10/h3-5,16H,2,6H2,1H3. The van der Waals surface area contributed by atoms with Crippen molar-refractivity contribution in [3.63, 3.8) is 0 Å². The van der Waals surface area contributed by atoms with Gasteiger partial charge >= 0.3 is 5.97 Å². The maximum absolute atomic E-state index is 11.6. The molecule has 19 heavy (non-hydrogen) atoms. The van der Waals surface area contributed by atoms with Crippen LogP contribution in [-0.2, 0) is 16.0 Å². The predicted octanol–water partition coefficient (Wildman–Crippen LogP) is 3.18. The van der Waals surface area contributed by atoms with Crippen molar-refractivity contribution in [3.05, 3.63) is 28.5 Å². The lowest BCUT2D eigenvalue weighted by Gasteiger charge is -2.00. The SMILES string of the molecule is CCOC(=O)Cc1[nH]oc2c(Br)cc3nccc3c12. The molecule has 3 aromatic rings. The Morgan fingerprint density at radius 3 is 3.21 bits per heavy atom. The van der Waals surface area contributed by atoms with Gasteiger partial charge in [-0.2, -0.15) is 0 Å². The molecule has 2 heterocycles. The van der Waals surface area contributed by atoms with Crippen molar-refractivity contribution in [1.82, 2.24) is 10.1 Å². The van der Waals surface area contributed by atoms with Crippen LogP contribution in [0.15, 0.2) is 27.3 Å². The molecule has 3 rings (SSSR count). The molecule has 0 bridgehead atoms. The molecule has 0 radical (unpaired) electrons. The van der Waals surface area contributed by atoms with Crippen LogP contribution < -0.4 is 0 Å². The summed E-state index contributed by atoms with van der Waals surface area (Å²) in [4.78, 5) is 15.9. The van der Waals surface area contributed by atoms with Gasteiger partial charge in [-0.15, -0.1) is 0 Å². The zero-order chi connectivity index (χ0) is 13.4. The number of carbonyl (C=O) groups is 1. The summed E-state index contributed by atoms with van der Waals surface area (Å²) in [6, 6.07) is 3.80. The van der Waals surface area contributed by atoms with Crippen molar-refractivity contribution in [2.75, 3.05) is 6.61 Å². The molecule has 6 heteroatoms. The molecule has 5 nitrogen and oxygen atoms in total. The van der Waals surface area contributed by atoms with E-state index in [9.17, 15) is 4.79 Å². The van der Waals surface area contributed by atoms with Crippen molar-refractivity contribution < 1.29 is 14.1 Å². The van der Waals surface area contributed by atoms with Crippen LogP contribution in [0.2, 0.25) is 0 Å². The van der Waals surface area contributed by atoms with Crippen LogP contribution in [0.1, 0.15) is 12.6 Å². The average Bonchev–Trinajstić information content (AvgIpc) is 2.96. The second-order valence-electron chi connectivity index (χ2n) is 4.10. The Morgan fingerprint density at radius 2 is 2.42 bits per heavy atom. The van der Waals surface area contributed by atoms with E-state index in [1.54, 1.807) is 13.1 Å². The van der Waals surface area contributed by atoms with E-state index >= 15 is 0 Å². The van der Waals surface area contributed by atoms with Crippen LogP contribution in [0.3, 0.4) is 0 Å². The molecular formula is C13H11BrN2O3. The van der Waals surface area contributed by atoms with E-state index in [1.165, 1.54) is 0 Å². The molecule has 0 unspecified atom stereocenters. The summed E-state index contributed by atoms with van der Waals surface area (Å²) in [7, 11) is 0. The van der Waals surface area contributed by atoms with Gasteiger partial charge in [-0.25, -0.2) is 5.16 Å². The summed E-state index contributed by atoms with van der Waals surface area (Å²) < 4.78 is 11.2. The lowest BCUT2D eigenvalue weighted by atomic mass is 10.1. The molecule has 0 fully saturated rings. The second-order valence-corrected chi connectivity index (χ2v) is 4.96. The topological polar surface area (TPSA) is 68.1 Å². The van der Waals surface area contributed by atoms with Gasteiger partial charge in [-0.1, -0.05) is 0 Å². The number of esters is 1. The first-order chi connectivity index (χ1) is 9.20. The van der Waals surface area contributed by atoms with Gasteiger partial charge in [0.25, 0.3) is 0 Å². The first-order valence-electron chi connectivity index (χ1n) is 5.89. The molecule has 98 valence electrons. The Morgan fingerprint density at radius 1 is 1.58 bits per heavy atom. The highest BCUT2D eigenvalue weighted by molar-refractivity contribution is 9.10. The Labute approximate surface area is 117 Å². The molecule has 0 spiro atoms. The number of rotatable bonds is 3. The van der Waals surface area contributed by atoms with E-state index in [2.05, 4.69) is 26.1 Å². The van der Waals surface area contributed by atoms with E-state index in [0.29, 0.717) is 17.9 Å². The minimum atomic E-state index is -0.283. The summed E-state index contributed by atoms with van der Waals surface area (Å²) in [6.07, 6.45) is 1.88. The maximum atomic E-state index is 11.6. The summed E-state index contributed by atoms with van der Waals surface area (Å²) in [6.45, 7) is 2.15. The quantitative estimate of drug-likeness (QED) is 0.752. The van der Waals surface area contributed by atoms with E-state index in [-0.39, 0.29) is 12.4 Å². The Balaban J connectivity index is 2.17. The van der Waals surface area contributed by atoms with Gasteiger partial charge < -0.3 is 9.26 Å². The number of carbonyl (C=O) groups excluding carboxylic acids is 1. The molecule has 0 saturated carbocycles. The maximum Gasteiger partial charge on any atom is 0.311 e. The Hall–Kier alpha value is -1.82. The van der Waals surface area contributed by atoms with Gasteiger partial charge in [-0.3, -0.25) is 9.78 Å².